The second-order valence-electron chi connectivity index (χ2n) is 6.39. The molecule has 0 spiro atoms. The molecule has 0 N–H and O–H groups in total. The molecule has 0 aromatic carbocycles. The highest BCUT2D eigenvalue weighted by atomic mass is 16.5. The molecule has 2 atom stereocenters. The minimum absolute atomic E-state index is 0.328. The third-order valence-electron chi connectivity index (χ3n) is 3.44. The normalized spacial score (nSPS) is 15.7. The van der Waals surface area contributed by atoms with Gasteiger partial charge in [0.05, 0.1) is 6.10 Å². The molecule has 2 unspecified atom stereocenters. The first kappa shape index (κ1) is 17.9. The minimum Gasteiger partial charge on any atom is -0.380 e. The van der Waals surface area contributed by atoms with Crippen molar-refractivity contribution in [3.05, 3.63) is 0 Å². The molecule has 0 rings (SSSR count). The summed E-state index contributed by atoms with van der Waals surface area (Å²) in [6.45, 7) is 16.1. The third-order valence-corrected chi connectivity index (χ3v) is 3.44. The van der Waals surface area contributed by atoms with E-state index >= 15 is 0 Å². The van der Waals surface area contributed by atoms with Gasteiger partial charge >= 0.3 is 0 Å². The topological polar surface area (TPSA) is 12.5 Å². The summed E-state index contributed by atoms with van der Waals surface area (Å²) in [7, 11) is 1.84. The van der Waals surface area contributed by atoms with Gasteiger partial charge in [0.2, 0.25) is 0 Å². The monoisotopic (exact) mass is 257 g/mol. The number of unbranched alkanes of at least 4 members (excludes halogenated alkanes) is 1. The molecule has 0 fully saturated rings. The molecule has 0 saturated heterocycles. The Hall–Kier alpha value is -0.0800. The first-order chi connectivity index (χ1) is 8.42. The summed E-state index contributed by atoms with van der Waals surface area (Å²) >= 11 is 0. The molecule has 0 aromatic heterocycles. The van der Waals surface area contributed by atoms with Crippen molar-refractivity contribution in [1.82, 2.24) is 4.90 Å². The summed E-state index contributed by atoms with van der Waals surface area (Å²) in [6, 6.07) is 0.569. The van der Waals surface area contributed by atoms with Crippen LogP contribution < -0.4 is 0 Å². The van der Waals surface area contributed by atoms with Crippen LogP contribution in [0.1, 0.15) is 60.8 Å². The predicted molar refractivity (Wildman–Crippen MR) is 81.0 cm³/mol. The van der Waals surface area contributed by atoms with Crippen LogP contribution in [-0.4, -0.2) is 37.2 Å². The van der Waals surface area contributed by atoms with Crippen LogP contribution in [0, 0.1) is 11.8 Å². The minimum atomic E-state index is 0.328. The van der Waals surface area contributed by atoms with Crippen molar-refractivity contribution in [1.29, 1.82) is 0 Å². The highest BCUT2D eigenvalue weighted by Crippen LogP contribution is 2.18. The fraction of sp³-hybridized carbons (Fsp3) is 1.00. The molecule has 0 aromatic rings. The van der Waals surface area contributed by atoms with Crippen LogP contribution in [0.15, 0.2) is 0 Å². The molecule has 0 radical (unpaired) electrons. The maximum absolute atomic E-state index is 5.61. The lowest BCUT2D eigenvalue weighted by Crippen LogP contribution is -2.46. The third kappa shape index (κ3) is 7.38. The number of methoxy groups -OCH3 is 1. The van der Waals surface area contributed by atoms with E-state index in [1.54, 1.807) is 0 Å². The number of hydrogen-bond acceptors (Lipinski definition) is 2. The van der Waals surface area contributed by atoms with Gasteiger partial charge in [-0.3, -0.25) is 4.90 Å². The largest absolute Gasteiger partial charge is 0.380 e. The number of ether oxygens (including phenoxy) is 1. The van der Waals surface area contributed by atoms with Gasteiger partial charge in [0.1, 0.15) is 0 Å². The Morgan fingerprint density at radius 1 is 0.944 bits per heavy atom. The van der Waals surface area contributed by atoms with Crippen molar-refractivity contribution in [3.8, 4) is 0 Å². The molecule has 0 aliphatic rings. The van der Waals surface area contributed by atoms with Gasteiger partial charge in [-0.05, 0) is 25.2 Å². The van der Waals surface area contributed by atoms with Crippen molar-refractivity contribution < 1.29 is 4.74 Å². The van der Waals surface area contributed by atoms with E-state index < -0.39 is 0 Å². The molecule has 0 amide bonds. The molecule has 0 heterocycles. The standard InChI is InChI=1S/C16H35NO/c1-8-9-10-16(15(6)18-7)17(11-13(2)3)12-14(4)5/h13-16H,8-12H2,1-7H3. The Kier molecular flexibility index (Phi) is 9.76. The summed E-state index contributed by atoms with van der Waals surface area (Å²) in [5, 5.41) is 0. The highest BCUT2D eigenvalue weighted by molar-refractivity contribution is 4.79. The molecule has 2 heteroatoms. The molecule has 0 saturated carbocycles. The molecule has 0 aliphatic carbocycles. The second kappa shape index (κ2) is 9.80. The van der Waals surface area contributed by atoms with E-state index in [9.17, 15) is 0 Å². The summed E-state index contributed by atoms with van der Waals surface area (Å²) < 4.78 is 5.61. The Bertz CT molecular complexity index is 182. The van der Waals surface area contributed by atoms with Crippen molar-refractivity contribution >= 4 is 0 Å². The van der Waals surface area contributed by atoms with E-state index in [1.165, 1.54) is 32.4 Å². The zero-order chi connectivity index (χ0) is 14.1. The molecule has 110 valence electrons. The predicted octanol–water partition coefficient (Wildman–Crippen LogP) is 4.19. The van der Waals surface area contributed by atoms with E-state index in [2.05, 4.69) is 46.4 Å². The van der Waals surface area contributed by atoms with Crippen LogP contribution >= 0.6 is 0 Å². The van der Waals surface area contributed by atoms with Crippen LogP contribution in [0.5, 0.6) is 0 Å². The van der Waals surface area contributed by atoms with Gasteiger partial charge in [0, 0.05) is 26.2 Å². The first-order valence-corrected chi connectivity index (χ1v) is 7.69. The van der Waals surface area contributed by atoms with Gasteiger partial charge in [-0.25, -0.2) is 0 Å². The van der Waals surface area contributed by atoms with Crippen molar-refractivity contribution in [2.75, 3.05) is 20.2 Å². The van der Waals surface area contributed by atoms with E-state index in [0.717, 1.165) is 11.8 Å². The Morgan fingerprint density at radius 3 is 1.78 bits per heavy atom. The van der Waals surface area contributed by atoms with E-state index in [4.69, 9.17) is 4.74 Å². The molecule has 0 aliphatic heterocycles. The molecule has 0 bridgehead atoms. The number of hydrogen-bond donors (Lipinski definition) is 0. The Morgan fingerprint density at radius 2 is 1.44 bits per heavy atom. The van der Waals surface area contributed by atoms with Crippen LogP contribution in [0.2, 0.25) is 0 Å². The maximum Gasteiger partial charge on any atom is 0.0698 e. The molecular weight excluding hydrogens is 222 g/mol. The zero-order valence-corrected chi connectivity index (χ0v) is 13.7. The van der Waals surface area contributed by atoms with E-state index in [1.807, 2.05) is 7.11 Å². The second-order valence-corrected chi connectivity index (χ2v) is 6.39. The number of nitrogens with zero attached hydrogens (tertiary/aromatic N) is 1. The summed E-state index contributed by atoms with van der Waals surface area (Å²) in [5.41, 5.74) is 0. The van der Waals surface area contributed by atoms with Crippen LogP contribution in [0.3, 0.4) is 0 Å². The highest BCUT2D eigenvalue weighted by Gasteiger charge is 2.25. The number of rotatable bonds is 10. The maximum atomic E-state index is 5.61. The molecule has 18 heavy (non-hydrogen) atoms. The van der Waals surface area contributed by atoms with Crippen LogP contribution in [0.4, 0.5) is 0 Å². The quantitative estimate of drug-likeness (QED) is 0.582. The zero-order valence-electron chi connectivity index (χ0n) is 13.7. The average molecular weight is 257 g/mol. The van der Waals surface area contributed by atoms with Gasteiger partial charge in [-0.1, -0.05) is 47.5 Å². The summed E-state index contributed by atoms with van der Waals surface area (Å²) in [6.07, 6.45) is 4.15. The van der Waals surface area contributed by atoms with E-state index in [0.29, 0.717) is 12.1 Å². The SMILES string of the molecule is CCCCC(C(C)OC)N(CC(C)C)CC(C)C. The van der Waals surface area contributed by atoms with Gasteiger partial charge in [0.25, 0.3) is 0 Å². The Balaban J connectivity index is 4.69. The summed E-state index contributed by atoms with van der Waals surface area (Å²) in [4.78, 5) is 2.65. The smallest absolute Gasteiger partial charge is 0.0698 e. The molecule has 2 nitrogen and oxygen atoms in total. The van der Waals surface area contributed by atoms with Gasteiger partial charge in [0.15, 0.2) is 0 Å². The first-order valence-electron chi connectivity index (χ1n) is 7.69. The van der Waals surface area contributed by atoms with E-state index in [-0.39, 0.29) is 0 Å². The average Bonchev–Trinajstić information content (AvgIpc) is 2.27. The van der Waals surface area contributed by atoms with Gasteiger partial charge in [-0.2, -0.15) is 0 Å². The van der Waals surface area contributed by atoms with Crippen LogP contribution in [0.25, 0.3) is 0 Å². The fourth-order valence-corrected chi connectivity index (χ4v) is 2.57. The van der Waals surface area contributed by atoms with Gasteiger partial charge in [-0.15, -0.1) is 0 Å². The summed E-state index contributed by atoms with van der Waals surface area (Å²) in [5.74, 6) is 1.44. The lowest BCUT2D eigenvalue weighted by Gasteiger charge is -2.37. The molecular formula is C16H35NO. The van der Waals surface area contributed by atoms with Crippen molar-refractivity contribution in [3.63, 3.8) is 0 Å². The lowest BCUT2D eigenvalue weighted by molar-refractivity contribution is 0.0109. The Labute approximate surface area is 115 Å². The van der Waals surface area contributed by atoms with Crippen molar-refractivity contribution in [2.24, 2.45) is 11.8 Å². The van der Waals surface area contributed by atoms with Crippen LogP contribution in [-0.2, 0) is 4.74 Å². The fourth-order valence-electron chi connectivity index (χ4n) is 2.57. The van der Waals surface area contributed by atoms with Gasteiger partial charge < -0.3 is 4.74 Å². The lowest BCUT2D eigenvalue weighted by atomic mass is 10.00. The van der Waals surface area contributed by atoms with Crippen molar-refractivity contribution in [2.45, 2.75) is 73.0 Å².